The maximum atomic E-state index is 10.5. The number of hydrogen-bond acceptors (Lipinski definition) is 2. The zero-order valence-corrected chi connectivity index (χ0v) is 10.9. The number of nitro benzene ring substituents is 1. The molecule has 0 amide bonds. The maximum Gasteiger partial charge on any atom is 0.269 e. The Hall–Kier alpha value is -1.42. The molecule has 3 nitrogen and oxygen atoms in total. The van der Waals surface area contributed by atoms with Gasteiger partial charge in [-0.3, -0.25) is 10.1 Å². The van der Waals surface area contributed by atoms with Gasteiger partial charge in [0.05, 0.1) is 4.92 Å². The van der Waals surface area contributed by atoms with E-state index in [4.69, 9.17) is 0 Å². The molecule has 0 bridgehead atoms. The van der Waals surface area contributed by atoms with E-state index < -0.39 is 8.07 Å². The van der Waals surface area contributed by atoms with Crippen molar-refractivity contribution in [1.29, 1.82) is 0 Å². The Kier molecular flexibility index (Phi) is 4.01. The van der Waals surface area contributed by atoms with Crippen molar-refractivity contribution >= 4 is 19.8 Å². The molecule has 16 heavy (non-hydrogen) atoms. The third kappa shape index (κ3) is 4.40. The predicted molar refractivity (Wildman–Crippen MR) is 70.3 cm³/mol. The second-order valence-electron chi connectivity index (χ2n) is 5.02. The summed E-state index contributed by atoms with van der Waals surface area (Å²) in [4.78, 5) is 10.1. The molecule has 4 heteroatoms. The van der Waals surface area contributed by atoms with Crippen molar-refractivity contribution in [3.63, 3.8) is 0 Å². The molecular weight excluding hydrogens is 218 g/mol. The van der Waals surface area contributed by atoms with Crippen LogP contribution >= 0.6 is 0 Å². The molecule has 1 rings (SSSR count). The summed E-state index contributed by atoms with van der Waals surface area (Å²) >= 11 is 0. The van der Waals surface area contributed by atoms with Crippen LogP contribution in [0.3, 0.4) is 0 Å². The van der Waals surface area contributed by atoms with Gasteiger partial charge in [-0.15, -0.1) is 0 Å². The fraction of sp³-hybridized carbons (Fsp3) is 0.333. The molecule has 1 aromatic rings. The van der Waals surface area contributed by atoms with Gasteiger partial charge in [-0.25, -0.2) is 0 Å². The lowest BCUT2D eigenvalue weighted by Gasteiger charge is -2.11. The van der Waals surface area contributed by atoms with Gasteiger partial charge in [0.1, 0.15) is 0 Å². The highest BCUT2D eigenvalue weighted by molar-refractivity contribution is 6.76. The number of allylic oxidation sites excluding steroid dienone is 1. The maximum absolute atomic E-state index is 10.5. The van der Waals surface area contributed by atoms with Crippen molar-refractivity contribution in [3.05, 3.63) is 46.0 Å². The summed E-state index contributed by atoms with van der Waals surface area (Å²) < 4.78 is 0. The molecule has 0 aliphatic heterocycles. The number of nitro groups is 1. The minimum absolute atomic E-state index is 0.141. The number of benzene rings is 1. The standard InChI is InChI=1S/C12H17NO2Si/c1-16(2,3)10-4-5-11-6-8-12(9-7-11)13(14)15/h4-9H,10H2,1-3H3/b5-4+. The van der Waals surface area contributed by atoms with Crippen molar-refractivity contribution in [2.75, 3.05) is 0 Å². The zero-order chi connectivity index (χ0) is 12.2. The molecule has 1 aromatic carbocycles. The van der Waals surface area contributed by atoms with Crippen LogP contribution in [0.5, 0.6) is 0 Å². The van der Waals surface area contributed by atoms with E-state index in [0.717, 1.165) is 11.6 Å². The molecule has 0 N–H and O–H groups in total. The average molecular weight is 235 g/mol. The van der Waals surface area contributed by atoms with E-state index in [1.807, 2.05) is 6.08 Å². The largest absolute Gasteiger partial charge is 0.269 e. The molecule has 0 saturated carbocycles. The highest BCUT2D eigenvalue weighted by Gasteiger charge is 2.09. The Morgan fingerprint density at radius 2 is 1.81 bits per heavy atom. The van der Waals surface area contributed by atoms with Crippen LogP contribution in [0.15, 0.2) is 30.3 Å². The van der Waals surface area contributed by atoms with E-state index in [1.165, 1.54) is 12.1 Å². The minimum atomic E-state index is -1.03. The first kappa shape index (κ1) is 12.6. The molecule has 0 atom stereocenters. The molecule has 0 aromatic heterocycles. The minimum Gasteiger partial charge on any atom is -0.258 e. The highest BCUT2D eigenvalue weighted by atomic mass is 28.3. The molecule has 0 radical (unpaired) electrons. The lowest BCUT2D eigenvalue weighted by atomic mass is 10.2. The van der Waals surface area contributed by atoms with E-state index in [-0.39, 0.29) is 10.6 Å². The van der Waals surface area contributed by atoms with Crippen LogP contribution in [0.1, 0.15) is 5.56 Å². The molecule has 0 heterocycles. The Bertz CT molecular complexity index is 390. The lowest BCUT2D eigenvalue weighted by Crippen LogP contribution is -2.17. The number of nitrogens with zero attached hydrogens (tertiary/aromatic N) is 1. The van der Waals surface area contributed by atoms with Crippen molar-refractivity contribution in [2.45, 2.75) is 25.7 Å². The van der Waals surface area contributed by atoms with Gasteiger partial charge in [0.25, 0.3) is 5.69 Å². The monoisotopic (exact) mass is 235 g/mol. The second-order valence-corrected chi connectivity index (χ2v) is 10.5. The van der Waals surface area contributed by atoms with Gasteiger partial charge in [0.2, 0.25) is 0 Å². The molecule has 86 valence electrons. The molecule has 0 spiro atoms. The first-order valence-electron chi connectivity index (χ1n) is 5.29. The van der Waals surface area contributed by atoms with E-state index in [2.05, 4.69) is 25.7 Å². The number of rotatable bonds is 4. The van der Waals surface area contributed by atoms with Crippen LogP contribution in [-0.2, 0) is 0 Å². The van der Waals surface area contributed by atoms with Gasteiger partial charge in [0.15, 0.2) is 0 Å². The second kappa shape index (κ2) is 5.07. The fourth-order valence-corrected chi connectivity index (χ4v) is 2.08. The summed E-state index contributed by atoms with van der Waals surface area (Å²) in [5, 5.41) is 10.5. The molecular formula is C12H17NO2Si. The summed E-state index contributed by atoms with van der Waals surface area (Å²) in [5.41, 5.74) is 1.16. The van der Waals surface area contributed by atoms with E-state index in [9.17, 15) is 10.1 Å². The summed E-state index contributed by atoms with van der Waals surface area (Å²) in [5.74, 6) is 0. The van der Waals surface area contributed by atoms with Gasteiger partial charge in [-0.1, -0.05) is 31.8 Å². The van der Waals surface area contributed by atoms with Crippen molar-refractivity contribution in [3.8, 4) is 0 Å². The Morgan fingerprint density at radius 3 is 2.25 bits per heavy atom. The first-order valence-corrected chi connectivity index (χ1v) is 9.00. The van der Waals surface area contributed by atoms with Crippen molar-refractivity contribution in [2.24, 2.45) is 0 Å². The van der Waals surface area contributed by atoms with Gasteiger partial charge in [-0.2, -0.15) is 0 Å². The molecule has 0 fully saturated rings. The van der Waals surface area contributed by atoms with Crippen LogP contribution in [-0.4, -0.2) is 13.0 Å². The van der Waals surface area contributed by atoms with Crippen LogP contribution in [0, 0.1) is 10.1 Å². The van der Waals surface area contributed by atoms with Crippen molar-refractivity contribution < 1.29 is 4.92 Å². The lowest BCUT2D eigenvalue weighted by molar-refractivity contribution is -0.384. The smallest absolute Gasteiger partial charge is 0.258 e. The van der Waals surface area contributed by atoms with Gasteiger partial charge in [0, 0.05) is 20.2 Å². The summed E-state index contributed by atoms with van der Waals surface area (Å²) in [6.45, 7) is 6.94. The number of non-ortho nitro benzene ring substituents is 1. The Balaban J connectivity index is 2.65. The molecule has 0 unspecified atom stereocenters. The van der Waals surface area contributed by atoms with E-state index >= 15 is 0 Å². The Morgan fingerprint density at radius 1 is 1.25 bits per heavy atom. The summed E-state index contributed by atoms with van der Waals surface area (Å²) in [7, 11) is -1.03. The predicted octanol–water partition coefficient (Wildman–Crippen LogP) is 3.95. The molecule has 0 aliphatic carbocycles. The summed E-state index contributed by atoms with van der Waals surface area (Å²) in [6.07, 6.45) is 4.19. The fourth-order valence-electron chi connectivity index (χ4n) is 1.26. The third-order valence-electron chi connectivity index (χ3n) is 2.14. The van der Waals surface area contributed by atoms with Crippen LogP contribution in [0.2, 0.25) is 25.7 Å². The van der Waals surface area contributed by atoms with Gasteiger partial charge < -0.3 is 0 Å². The van der Waals surface area contributed by atoms with Crippen LogP contribution in [0.4, 0.5) is 5.69 Å². The van der Waals surface area contributed by atoms with Gasteiger partial charge >= 0.3 is 0 Å². The van der Waals surface area contributed by atoms with Crippen molar-refractivity contribution in [1.82, 2.24) is 0 Å². The van der Waals surface area contributed by atoms with E-state index in [0.29, 0.717) is 0 Å². The topological polar surface area (TPSA) is 43.1 Å². The van der Waals surface area contributed by atoms with E-state index in [1.54, 1.807) is 12.1 Å². The average Bonchev–Trinajstić information content (AvgIpc) is 2.16. The quantitative estimate of drug-likeness (QED) is 0.450. The SMILES string of the molecule is C[Si](C)(C)C/C=C/c1ccc([N+](=O)[O-])cc1. The first-order chi connectivity index (χ1) is 7.38. The number of hydrogen-bond donors (Lipinski definition) is 0. The highest BCUT2D eigenvalue weighted by Crippen LogP contribution is 2.14. The molecule has 0 aliphatic rings. The Labute approximate surface area is 97.0 Å². The molecule has 0 saturated heterocycles. The normalized spacial score (nSPS) is 11.9. The third-order valence-corrected chi connectivity index (χ3v) is 3.60. The zero-order valence-electron chi connectivity index (χ0n) is 9.93. The van der Waals surface area contributed by atoms with Crippen LogP contribution < -0.4 is 0 Å². The van der Waals surface area contributed by atoms with Gasteiger partial charge in [-0.05, 0) is 23.7 Å². The summed E-state index contributed by atoms with van der Waals surface area (Å²) in [6, 6.07) is 7.75. The van der Waals surface area contributed by atoms with Crippen LogP contribution in [0.25, 0.3) is 6.08 Å².